The molecule has 0 unspecified atom stereocenters. The van der Waals surface area contributed by atoms with E-state index in [9.17, 15) is 4.79 Å². The molecule has 0 atom stereocenters. The summed E-state index contributed by atoms with van der Waals surface area (Å²) in [5, 5.41) is 3.68. The minimum absolute atomic E-state index is 0.0698. The number of halogens is 1. The van der Waals surface area contributed by atoms with Gasteiger partial charge in [0.15, 0.2) is 0 Å². The van der Waals surface area contributed by atoms with E-state index in [0.717, 1.165) is 35.6 Å². The number of aryl methyl sites for hydroxylation is 1. The third-order valence-electron chi connectivity index (χ3n) is 5.01. The van der Waals surface area contributed by atoms with Crippen LogP contribution in [0.5, 0.6) is 5.75 Å². The van der Waals surface area contributed by atoms with Crippen LogP contribution in [0.3, 0.4) is 0 Å². The molecule has 4 aromatic rings. The number of carbonyl (C=O) groups excluding carboxylic acids is 1. The Balaban J connectivity index is 1.37. The molecule has 0 spiro atoms. The molecular weight excluding hydrogens is 410 g/mol. The Morgan fingerprint density at radius 3 is 2.52 bits per heavy atom. The van der Waals surface area contributed by atoms with Crippen molar-refractivity contribution in [1.29, 1.82) is 0 Å². The lowest BCUT2D eigenvalue weighted by molar-refractivity contribution is 0.0954. The summed E-state index contributed by atoms with van der Waals surface area (Å²) in [5.41, 5.74) is 2.72. The number of fused-ring (bicyclic) bond motifs is 1. The van der Waals surface area contributed by atoms with Gasteiger partial charge in [0.25, 0.3) is 5.91 Å². The predicted molar refractivity (Wildman–Crippen MR) is 124 cm³/mol. The lowest BCUT2D eigenvalue weighted by Crippen LogP contribution is -2.26. The van der Waals surface area contributed by atoms with Crippen LogP contribution in [0.2, 0.25) is 5.02 Å². The van der Waals surface area contributed by atoms with E-state index in [-0.39, 0.29) is 5.91 Å². The Bertz CT molecular complexity index is 1140. The summed E-state index contributed by atoms with van der Waals surface area (Å²) in [6.07, 6.45) is 1.50. The fourth-order valence-electron chi connectivity index (χ4n) is 3.49. The van der Waals surface area contributed by atoms with Gasteiger partial charge in [0.1, 0.15) is 11.6 Å². The van der Waals surface area contributed by atoms with Crippen LogP contribution in [0.15, 0.2) is 78.9 Å². The molecule has 0 aliphatic heterocycles. The van der Waals surface area contributed by atoms with Crippen molar-refractivity contribution in [3.05, 3.63) is 95.3 Å². The second-order valence-electron chi connectivity index (χ2n) is 7.20. The van der Waals surface area contributed by atoms with Crippen LogP contribution in [-0.4, -0.2) is 28.6 Å². The van der Waals surface area contributed by atoms with Crippen molar-refractivity contribution in [3.63, 3.8) is 0 Å². The van der Waals surface area contributed by atoms with E-state index in [0.29, 0.717) is 30.2 Å². The van der Waals surface area contributed by atoms with Crippen molar-refractivity contribution in [1.82, 2.24) is 14.9 Å². The molecule has 1 N–H and O–H groups in total. The van der Waals surface area contributed by atoms with E-state index in [1.54, 1.807) is 0 Å². The van der Waals surface area contributed by atoms with E-state index in [2.05, 4.69) is 16.0 Å². The van der Waals surface area contributed by atoms with Crippen LogP contribution in [0.4, 0.5) is 0 Å². The number of hydrogen-bond acceptors (Lipinski definition) is 3. The molecule has 1 amide bonds. The minimum atomic E-state index is -0.0698. The smallest absolute Gasteiger partial charge is 0.251 e. The summed E-state index contributed by atoms with van der Waals surface area (Å²) in [6, 6.07) is 24.7. The fraction of sp³-hybridized carbons (Fsp3) is 0.200. The Morgan fingerprint density at radius 1 is 0.968 bits per heavy atom. The monoisotopic (exact) mass is 433 g/mol. The molecule has 0 saturated carbocycles. The number of benzene rings is 3. The Hall–Kier alpha value is -3.31. The van der Waals surface area contributed by atoms with Crippen molar-refractivity contribution in [3.8, 4) is 5.75 Å². The highest BCUT2D eigenvalue weighted by Crippen LogP contribution is 2.18. The summed E-state index contributed by atoms with van der Waals surface area (Å²) in [4.78, 5) is 17.1. The molecule has 0 aliphatic rings. The summed E-state index contributed by atoms with van der Waals surface area (Å²) in [6.45, 7) is 1.91. The highest BCUT2D eigenvalue weighted by Gasteiger charge is 2.11. The summed E-state index contributed by atoms with van der Waals surface area (Å²) in [7, 11) is 0. The third kappa shape index (κ3) is 5.44. The van der Waals surface area contributed by atoms with Gasteiger partial charge >= 0.3 is 0 Å². The first-order chi connectivity index (χ1) is 15.2. The maximum absolute atomic E-state index is 12.3. The number of imidazole rings is 1. The Kier molecular flexibility index (Phi) is 6.85. The van der Waals surface area contributed by atoms with E-state index in [1.165, 1.54) is 0 Å². The van der Waals surface area contributed by atoms with E-state index in [1.807, 2.05) is 72.8 Å². The largest absolute Gasteiger partial charge is 0.494 e. The molecule has 31 heavy (non-hydrogen) atoms. The molecule has 4 rings (SSSR count). The molecule has 0 bridgehead atoms. The molecule has 0 radical (unpaired) electrons. The van der Waals surface area contributed by atoms with Gasteiger partial charge in [-0.2, -0.15) is 0 Å². The van der Waals surface area contributed by atoms with Crippen LogP contribution in [0.25, 0.3) is 11.0 Å². The summed E-state index contributed by atoms with van der Waals surface area (Å²) >= 11 is 5.92. The number of hydrogen-bond donors (Lipinski definition) is 1. The number of nitrogens with zero attached hydrogens (tertiary/aromatic N) is 2. The minimum Gasteiger partial charge on any atom is -0.494 e. The lowest BCUT2D eigenvalue weighted by Gasteiger charge is -2.11. The first-order valence-electron chi connectivity index (χ1n) is 10.4. The van der Waals surface area contributed by atoms with Gasteiger partial charge in [-0.3, -0.25) is 4.79 Å². The number of para-hydroxylation sites is 2. The van der Waals surface area contributed by atoms with Crippen molar-refractivity contribution in [2.24, 2.45) is 0 Å². The van der Waals surface area contributed by atoms with Crippen LogP contribution < -0.4 is 10.1 Å². The molecule has 158 valence electrons. The maximum atomic E-state index is 12.3. The Morgan fingerprint density at radius 2 is 1.71 bits per heavy atom. The van der Waals surface area contributed by atoms with Gasteiger partial charge in [0.2, 0.25) is 0 Å². The van der Waals surface area contributed by atoms with Gasteiger partial charge in [-0.15, -0.1) is 0 Å². The first-order valence-corrected chi connectivity index (χ1v) is 10.7. The molecule has 3 aromatic carbocycles. The highest BCUT2D eigenvalue weighted by atomic mass is 35.5. The van der Waals surface area contributed by atoms with Gasteiger partial charge < -0.3 is 14.6 Å². The van der Waals surface area contributed by atoms with Gasteiger partial charge in [-0.25, -0.2) is 4.98 Å². The zero-order valence-electron chi connectivity index (χ0n) is 17.1. The second kappa shape index (κ2) is 10.1. The predicted octanol–water partition coefficient (Wildman–Crippen LogP) is 5.13. The quantitative estimate of drug-likeness (QED) is 0.372. The Labute approximate surface area is 186 Å². The van der Waals surface area contributed by atoms with E-state index >= 15 is 0 Å². The summed E-state index contributed by atoms with van der Waals surface area (Å²) in [5.74, 6) is 1.70. The van der Waals surface area contributed by atoms with Crippen molar-refractivity contribution < 1.29 is 9.53 Å². The lowest BCUT2D eigenvalue weighted by atomic mass is 10.2. The number of carbonyl (C=O) groups is 1. The van der Waals surface area contributed by atoms with E-state index < -0.39 is 0 Å². The van der Waals surface area contributed by atoms with Gasteiger partial charge in [0.05, 0.1) is 17.6 Å². The molecule has 1 aromatic heterocycles. The molecule has 1 heterocycles. The fourth-order valence-corrected chi connectivity index (χ4v) is 3.61. The van der Waals surface area contributed by atoms with Crippen LogP contribution in [0, 0.1) is 0 Å². The molecule has 0 fully saturated rings. The second-order valence-corrected chi connectivity index (χ2v) is 7.63. The number of aromatic nitrogens is 2. The number of rotatable bonds is 9. The van der Waals surface area contributed by atoms with Crippen molar-refractivity contribution >= 4 is 28.5 Å². The first kappa shape index (κ1) is 20.9. The normalized spacial score (nSPS) is 10.9. The van der Waals surface area contributed by atoms with E-state index in [4.69, 9.17) is 21.3 Å². The van der Waals surface area contributed by atoms with Crippen molar-refractivity contribution in [2.75, 3.05) is 13.2 Å². The third-order valence-corrected chi connectivity index (χ3v) is 5.26. The van der Waals surface area contributed by atoms with Gasteiger partial charge in [0, 0.05) is 30.1 Å². The zero-order chi connectivity index (χ0) is 21.5. The molecule has 6 heteroatoms. The van der Waals surface area contributed by atoms with Crippen LogP contribution in [-0.2, 0) is 13.0 Å². The topological polar surface area (TPSA) is 56.2 Å². The standard InChI is InChI=1S/C25H24ClN3O2/c26-20-11-13-21(14-12-20)31-18-6-17-29-23-10-5-4-9-22(23)28-24(29)15-16-27-25(30)19-7-2-1-3-8-19/h1-5,7-14H,6,15-18H2,(H,27,30). The van der Waals surface area contributed by atoms with Gasteiger partial charge in [-0.1, -0.05) is 41.9 Å². The number of nitrogens with one attached hydrogen (secondary N) is 1. The van der Waals surface area contributed by atoms with Crippen molar-refractivity contribution in [2.45, 2.75) is 19.4 Å². The average Bonchev–Trinajstić information content (AvgIpc) is 3.16. The zero-order valence-corrected chi connectivity index (χ0v) is 17.9. The van der Waals surface area contributed by atoms with Crippen LogP contribution in [0.1, 0.15) is 22.6 Å². The maximum Gasteiger partial charge on any atom is 0.251 e. The van der Waals surface area contributed by atoms with Crippen LogP contribution >= 0.6 is 11.6 Å². The summed E-state index contributed by atoms with van der Waals surface area (Å²) < 4.78 is 8.04. The SMILES string of the molecule is O=C(NCCc1nc2ccccc2n1CCCOc1ccc(Cl)cc1)c1ccccc1. The molecule has 5 nitrogen and oxygen atoms in total. The molecular formula is C25H24ClN3O2. The average molecular weight is 434 g/mol. The number of ether oxygens (including phenoxy) is 1. The highest BCUT2D eigenvalue weighted by molar-refractivity contribution is 6.30. The molecule has 0 aliphatic carbocycles. The molecule has 0 saturated heterocycles. The number of amides is 1. The van der Waals surface area contributed by atoms with Gasteiger partial charge in [-0.05, 0) is 55.0 Å².